The number of hydrogen-bond acceptors (Lipinski definition) is 3. The van der Waals surface area contributed by atoms with Crippen LogP contribution in [0.4, 0.5) is 18.9 Å². The monoisotopic (exact) mass is 339 g/mol. The number of fused-ring (bicyclic) bond motifs is 2. The second-order valence-electron chi connectivity index (χ2n) is 6.09. The highest BCUT2D eigenvalue weighted by molar-refractivity contribution is 5.93. The molecular weight excluding hydrogens is 323 g/mol. The summed E-state index contributed by atoms with van der Waals surface area (Å²) in [6.07, 6.45) is 1.12. The highest BCUT2D eigenvalue weighted by Crippen LogP contribution is 2.43. The molecule has 2 aliphatic rings. The molecule has 0 spiro atoms. The van der Waals surface area contributed by atoms with Gasteiger partial charge in [-0.05, 0) is 36.8 Å². The van der Waals surface area contributed by atoms with Gasteiger partial charge in [-0.25, -0.2) is 0 Å². The molecule has 1 aromatic rings. The van der Waals surface area contributed by atoms with Gasteiger partial charge >= 0.3 is 12.1 Å². The Hall–Kier alpha value is -2.31. The average molecular weight is 339 g/mol. The molecule has 0 saturated heterocycles. The van der Waals surface area contributed by atoms with Gasteiger partial charge in [0.25, 0.3) is 5.91 Å². The van der Waals surface area contributed by atoms with Crippen LogP contribution >= 0.6 is 0 Å². The zero-order chi connectivity index (χ0) is 17.3. The van der Waals surface area contributed by atoms with E-state index in [9.17, 15) is 22.8 Å². The SMILES string of the molecule is O=C(COC(=O)[C@@H]1C[C@@H]2C=C[C@H]1C2)Nc1ccccc1C(F)(F)F. The lowest BCUT2D eigenvalue weighted by Crippen LogP contribution is -2.27. The van der Waals surface area contributed by atoms with Gasteiger partial charge in [-0.2, -0.15) is 13.2 Å². The summed E-state index contributed by atoms with van der Waals surface area (Å²) in [6.45, 7) is -0.595. The first-order chi connectivity index (χ1) is 11.3. The normalized spacial score (nSPS) is 24.9. The summed E-state index contributed by atoms with van der Waals surface area (Å²) in [6, 6.07) is 4.66. The van der Waals surface area contributed by atoms with Crippen LogP contribution in [0, 0.1) is 17.8 Å². The molecule has 128 valence electrons. The van der Waals surface area contributed by atoms with Crippen LogP contribution in [0.25, 0.3) is 0 Å². The van der Waals surface area contributed by atoms with Crippen LogP contribution in [-0.4, -0.2) is 18.5 Å². The minimum atomic E-state index is -4.57. The standard InChI is InChI=1S/C17H16F3NO3/c18-17(19,20)13-3-1-2-4-14(13)21-15(22)9-24-16(23)12-8-10-5-6-11(12)7-10/h1-6,10-12H,7-9H2,(H,21,22)/t10-,11+,12-/m1/s1. The molecule has 2 aliphatic carbocycles. The van der Waals surface area contributed by atoms with Crippen LogP contribution < -0.4 is 5.32 Å². The summed E-state index contributed by atoms with van der Waals surface area (Å²) in [5.41, 5.74) is -1.29. The van der Waals surface area contributed by atoms with Crippen LogP contribution in [0.1, 0.15) is 18.4 Å². The number of rotatable bonds is 4. The van der Waals surface area contributed by atoms with Crippen LogP contribution in [0.3, 0.4) is 0 Å². The Morgan fingerprint density at radius 2 is 1.92 bits per heavy atom. The number of nitrogens with one attached hydrogen (secondary N) is 1. The Balaban J connectivity index is 1.55. The summed E-state index contributed by atoms with van der Waals surface area (Å²) in [4.78, 5) is 23.8. The van der Waals surface area contributed by atoms with Crippen LogP contribution in [0.15, 0.2) is 36.4 Å². The second kappa shape index (κ2) is 6.30. The number of carbonyl (C=O) groups is 2. The molecule has 3 atom stereocenters. The number of amides is 1. The summed E-state index contributed by atoms with van der Waals surface area (Å²) >= 11 is 0. The van der Waals surface area contributed by atoms with E-state index in [1.165, 1.54) is 12.1 Å². The predicted octanol–water partition coefficient (Wildman–Crippen LogP) is 3.40. The van der Waals surface area contributed by atoms with E-state index in [1.54, 1.807) is 0 Å². The molecule has 1 amide bonds. The van der Waals surface area contributed by atoms with Gasteiger partial charge < -0.3 is 10.1 Å². The largest absolute Gasteiger partial charge is 0.455 e. The molecule has 3 rings (SSSR count). The van der Waals surface area contributed by atoms with Crippen LogP contribution in [0.2, 0.25) is 0 Å². The van der Waals surface area contributed by atoms with Gasteiger partial charge in [-0.3, -0.25) is 9.59 Å². The minimum Gasteiger partial charge on any atom is -0.455 e. The van der Waals surface area contributed by atoms with Crippen molar-refractivity contribution >= 4 is 17.6 Å². The molecule has 1 saturated carbocycles. The number of ether oxygens (including phenoxy) is 1. The number of alkyl halides is 3. The van der Waals surface area contributed by atoms with E-state index in [0.717, 1.165) is 18.6 Å². The van der Waals surface area contributed by atoms with Crippen molar-refractivity contribution in [3.8, 4) is 0 Å². The Kier molecular flexibility index (Phi) is 4.34. The predicted molar refractivity (Wildman–Crippen MR) is 79.9 cm³/mol. The van der Waals surface area contributed by atoms with E-state index in [-0.39, 0.29) is 17.5 Å². The smallest absolute Gasteiger partial charge is 0.418 e. The fourth-order valence-electron chi connectivity index (χ4n) is 3.32. The molecule has 0 aliphatic heterocycles. The molecule has 0 heterocycles. The van der Waals surface area contributed by atoms with Crippen molar-refractivity contribution in [2.24, 2.45) is 17.8 Å². The number of hydrogen-bond donors (Lipinski definition) is 1. The maximum absolute atomic E-state index is 12.9. The van der Waals surface area contributed by atoms with Gasteiger partial charge in [0.1, 0.15) is 0 Å². The van der Waals surface area contributed by atoms with Crippen LogP contribution in [0.5, 0.6) is 0 Å². The van der Waals surface area contributed by atoms with Crippen molar-refractivity contribution in [1.29, 1.82) is 0 Å². The molecule has 1 fully saturated rings. The fourth-order valence-corrected chi connectivity index (χ4v) is 3.32. The van der Waals surface area contributed by atoms with Crippen molar-refractivity contribution in [2.75, 3.05) is 11.9 Å². The molecule has 7 heteroatoms. The van der Waals surface area contributed by atoms with E-state index in [1.807, 2.05) is 6.08 Å². The average Bonchev–Trinajstić information content (AvgIpc) is 3.15. The van der Waals surface area contributed by atoms with Gasteiger partial charge in [0.05, 0.1) is 17.2 Å². The third-order valence-electron chi connectivity index (χ3n) is 4.43. The quantitative estimate of drug-likeness (QED) is 0.676. The molecule has 1 aromatic carbocycles. The molecular formula is C17H16F3NO3. The topological polar surface area (TPSA) is 55.4 Å². The minimum absolute atomic E-state index is 0.150. The summed E-state index contributed by atoms with van der Waals surface area (Å²) in [5.74, 6) is -0.975. The lowest BCUT2D eigenvalue weighted by Gasteiger charge is -2.17. The molecule has 0 unspecified atom stereocenters. The zero-order valence-corrected chi connectivity index (χ0v) is 12.7. The van der Waals surface area contributed by atoms with Crippen LogP contribution in [-0.2, 0) is 20.5 Å². The van der Waals surface area contributed by atoms with E-state index in [2.05, 4.69) is 11.4 Å². The van der Waals surface area contributed by atoms with Gasteiger partial charge in [0, 0.05) is 0 Å². The Bertz CT molecular complexity index is 684. The summed E-state index contributed by atoms with van der Waals surface area (Å²) < 4.78 is 43.6. The third-order valence-corrected chi connectivity index (χ3v) is 4.43. The Labute approximate surface area is 136 Å². The van der Waals surface area contributed by atoms with E-state index in [4.69, 9.17) is 4.74 Å². The van der Waals surface area contributed by atoms with Gasteiger partial charge in [-0.1, -0.05) is 24.3 Å². The number of allylic oxidation sites excluding steroid dienone is 2. The number of para-hydroxylation sites is 1. The Morgan fingerprint density at radius 1 is 1.17 bits per heavy atom. The number of esters is 1. The number of carbonyl (C=O) groups excluding carboxylic acids is 2. The second-order valence-corrected chi connectivity index (χ2v) is 6.09. The molecule has 0 radical (unpaired) electrons. The van der Waals surface area contributed by atoms with Crippen molar-refractivity contribution in [1.82, 2.24) is 0 Å². The van der Waals surface area contributed by atoms with Crippen molar-refractivity contribution < 1.29 is 27.5 Å². The lowest BCUT2D eigenvalue weighted by atomic mass is 9.94. The number of halogens is 3. The van der Waals surface area contributed by atoms with Gasteiger partial charge in [0.2, 0.25) is 0 Å². The first kappa shape index (κ1) is 16.5. The molecule has 4 nitrogen and oxygen atoms in total. The zero-order valence-electron chi connectivity index (χ0n) is 12.7. The van der Waals surface area contributed by atoms with Crippen molar-refractivity contribution in [2.45, 2.75) is 19.0 Å². The maximum atomic E-state index is 12.9. The van der Waals surface area contributed by atoms with E-state index >= 15 is 0 Å². The highest BCUT2D eigenvalue weighted by atomic mass is 19.4. The molecule has 0 aromatic heterocycles. The lowest BCUT2D eigenvalue weighted by molar-refractivity contribution is -0.152. The number of anilines is 1. The Morgan fingerprint density at radius 3 is 2.54 bits per heavy atom. The third kappa shape index (κ3) is 3.44. The first-order valence-corrected chi connectivity index (χ1v) is 7.65. The maximum Gasteiger partial charge on any atom is 0.418 e. The first-order valence-electron chi connectivity index (χ1n) is 7.65. The molecule has 2 bridgehead atoms. The van der Waals surface area contributed by atoms with E-state index in [0.29, 0.717) is 12.3 Å². The molecule has 24 heavy (non-hydrogen) atoms. The van der Waals surface area contributed by atoms with Crippen molar-refractivity contribution in [3.05, 3.63) is 42.0 Å². The fraction of sp³-hybridized carbons (Fsp3) is 0.412. The van der Waals surface area contributed by atoms with Crippen molar-refractivity contribution in [3.63, 3.8) is 0 Å². The van der Waals surface area contributed by atoms with E-state index < -0.39 is 30.2 Å². The number of benzene rings is 1. The summed E-state index contributed by atoms with van der Waals surface area (Å²) in [7, 11) is 0. The van der Waals surface area contributed by atoms with Gasteiger partial charge in [0.15, 0.2) is 6.61 Å². The molecule has 1 N–H and O–H groups in total. The van der Waals surface area contributed by atoms with Gasteiger partial charge in [-0.15, -0.1) is 0 Å². The highest BCUT2D eigenvalue weighted by Gasteiger charge is 2.41. The summed E-state index contributed by atoms with van der Waals surface area (Å²) in [5, 5.41) is 2.15.